The molecule has 3 heterocycles. The van der Waals surface area contributed by atoms with Crippen molar-refractivity contribution < 1.29 is 27.9 Å². The van der Waals surface area contributed by atoms with Gasteiger partial charge in [-0.05, 0) is 68.4 Å². The van der Waals surface area contributed by atoms with Gasteiger partial charge in [0.05, 0.1) is 33.3 Å². The number of aromatic nitrogens is 4. The molecule has 0 aliphatic carbocycles. The number of hydrogen-bond donors (Lipinski definition) is 1. The van der Waals surface area contributed by atoms with Crippen LogP contribution in [0.15, 0.2) is 63.8 Å². The van der Waals surface area contributed by atoms with Crippen LogP contribution in [0, 0.1) is 0 Å². The van der Waals surface area contributed by atoms with E-state index in [2.05, 4.69) is 20.7 Å². The van der Waals surface area contributed by atoms with E-state index in [1.807, 2.05) is 20.8 Å². The molecule has 1 N–H and O–H groups in total. The van der Waals surface area contributed by atoms with Crippen LogP contribution in [0.3, 0.4) is 0 Å². The third-order valence-electron chi connectivity index (χ3n) is 5.47. The zero-order chi connectivity index (χ0) is 27.3. The summed E-state index contributed by atoms with van der Waals surface area (Å²) in [6, 6.07) is 10.9. The van der Waals surface area contributed by atoms with Crippen LogP contribution >= 0.6 is 0 Å². The van der Waals surface area contributed by atoms with Gasteiger partial charge >= 0.3 is 0 Å². The Bertz CT molecular complexity index is 1360. The molecule has 0 fully saturated rings. The first-order chi connectivity index (χ1) is 18.2. The lowest BCUT2D eigenvalue weighted by atomic mass is 10.1. The minimum Gasteiger partial charge on any atom is -0.493 e. The van der Waals surface area contributed by atoms with E-state index in [0.29, 0.717) is 34.4 Å². The quantitative estimate of drug-likeness (QED) is 0.333. The molecule has 0 saturated carbocycles. The van der Waals surface area contributed by atoms with Gasteiger partial charge in [-0.1, -0.05) is 0 Å². The molecule has 0 aliphatic rings. The second-order valence-electron chi connectivity index (χ2n) is 9.47. The molecule has 2 amide bonds. The number of amides is 2. The molecule has 0 unspecified atom stereocenters. The summed E-state index contributed by atoms with van der Waals surface area (Å²) in [5, 5.41) is 15.4. The molecule has 3 aromatic heterocycles. The topological polar surface area (TPSA) is 138 Å². The maximum atomic E-state index is 13.7. The van der Waals surface area contributed by atoms with Crippen molar-refractivity contribution >= 4 is 11.8 Å². The summed E-state index contributed by atoms with van der Waals surface area (Å²) in [4.78, 5) is 29.6. The number of methoxy groups -OCH3 is 2. The fourth-order valence-corrected chi connectivity index (χ4v) is 3.82. The van der Waals surface area contributed by atoms with Gasteiger partial charge in [-0.2, -0.15) is 4.80 Å². The number of rotatable bonds is 10. The molecule has 38 heavy (non-hydrogen) atoms. The van der Waals surface area contributed by atoms with Crippen molar-refractivity contribution in [2.45, 2.75) is 45.4 Å². The monoisotopic (exact) mass is 522 g/mol. The number of tetrazole rings is 1. The van der Waals surface area contributed by atoms with Gasteiger partial charge < -0.3 is 28.5 Å². The van der Waals surface area contributed by atoms with Gasteiger partial charge in [0.25, 0.3) is 5.91 Å². The third kappa shape index (κ3) is 6.20. The lowest BCUT2D eigenvalue weighted by Crippen LogP contribution is -2.49. The highest BCUT2D eigenvalue weighted by Gasteiger charge is 2.36. The van der Waals surface area contributed by atoms with Crippen LogP contribution in [-0.2, 0) is 22.7 Å². The van der Waals surface area contributed by atoms with E-state index in [4.69, 9.17) is 18.3 Å². The molecule has 4 aromatic rings. The largest absolute Gasteiger partial charge is 0.493 e. The van der Waals surface area contributed by atoms with Gasteiger partial charge in [0, 0.05) is 11.1 Å². The molecule has 0 aliphatic heterocycles. The predicted octanol–water partition coefficient (Wildman–Crippen LogP) is 3.23. The summed E-state index contributed by atoms with van der Waals surface area (Å²) in [6.07, 6.45) is 2.96. The van der Waals surface area contributed by atoms with Crippen molar-refractivity contribution in [2.24, 2.45) is 0 Å². The first-order valence-corrected chi connectivity index (χ1v) is 11.9. The minimum absolute atomic E-state index is 0.0198. The Morgan fingerprint density at radius 2 is 1.79 bits per heavy atom. The standard InChI is InChI=1S/C26H30N6O6/c1-26(2,3)27-25(34)23(20-9-7-13-38-20)31(15-18-8-6-12-37-18)22(33)16-32-29-24(28-30-32)17-10-11-19(35-4)21(14-17)36-5/h6-14,23H,15-16H2,1-5H3,(H,27,34)/t23-/m0/s1. The number of carbonyl (C=O) groups is 2. The Kier molecular flexibility index (Phi) is 7.79. The molecular formula is C26H30N6O6. The fraction of sp³-hybridized carbons (Fsp3) is 0.346. The van der Waals surface area contributed by atoms with Gasteiger partial charge in [0.2, 0.25) is 11.7 Å². The molecule has 12 heteroatoms. The summed E-state index contributed by atoms with van der Waals surface area (Å²) in [6.45, 7) is 5.32. The van der Waals surface area contributed by atoms with Gasteiger partial charge in [0.1, 0.15) is 18.1 Å². The maximum Gasteiger partial charge on any atom is 0.251 e. The van der Waals surface area contributed by atoms with Crippen molar-refractivity contribution in [1.29, 1.82) is 0 Å². The van der Waals surface area contributed by atoms with Crippen LogP contribution in [-0.4, -0.2) is 56.7 Å². The second kappa shape index (κ2) is 11.2. The van der Waals surface area contributed by atoms with Crippen LogP contribution in [0.2, 0.25) is 0 Å². The average Bonchev–Trinajstić information content (AvgIpc) is 3.66. The first kappa shape index (κ1) is 26.5. The molecule has 200 valence electrons. The Morgan fingerprint density at radius 1 is 1.05 bits per heavy atom. The number of benzene rings is 1. The highest BCUT2D eigenvalue weighted by atomic mass is 16.5. The number of nitrogens with one attached hydrogen (secondary N) is 1. The van der Waals surface area contributed by atoms with Crippen molar-refractivity contribution in [1.82, 2.24) is 30.4 Å². The summed E-state index contributed by atoms with van der Waals surface area (Å²) in [5.74, 6) is 1.33. The van der Waals surface area contributed by atoms with Gasteiger partial charge in [-0.15, -0.1) is 10.2 Å². The molecule has 12 nitrogen and oxygen atoms in total. The van der Waals surface area contributed by atoms with Crippen molar-refractivity contribution in [3.05, 3.63) is 66.5 Å². The van der Waals surface area contributed by atoms with Crippen LogP contribution in [0.25, 0.3) is 11.4 Å². The van der Waals surface area contributed by atoms with Crippen LogP contribution < -0.4 is 14.8 Å². The van der Waals surface area contributed by atoms with E-state index < -0.39 is 23.4 Å². The molecule has 0 radical (unpaired) electrons. The second-order valence-corrected chi connectivity index (χ2v) is 9.47. The van der Waals surface area contributed by atoms with E-state index in [1.54, 1.807) is 49.6 Å². The highest BCUT2D eigenvalue weighted by molar-refractivity contribution is 5.88. The summed E-state index contributed by atoms with van der Waals surface area (Å²) < 4.78 is 21.7. The molecule has 4 rings (SSSR count). The highest BCUT2D eigenvalue weighted by Crippen LogP contribution is 2.31. The molecule has 0 spiro atoms. The zero-order valence-electron chi connectivity index (χ0n) is 21.9. The van der Waals surface area contributed by atoms with E-state index in [-0.39, 0.29) is 13.1 Å². The summed E-state index contributed by atoms with van der Waals surface area (Å²) >= 11 is 0. The molecule has 0 bridgehead atoms. The summed E-state index contributed by atoms with van der Waals surface area (Å²) in [7, 11) is 3.08. The molecule has 0 saturated heterocycles. The maximum absolute atomic E-state index is 13.7. The van der Waals surface area contributed by atoms with E-state index in [9.17, 15) is 9.59 Å². The van der Waals surface area contributed by atoms with E-state index >= 15 is 0 Å². The molecule has 1 aromatic carbocycles. The van der Waals surface area contributed by atoms with Crippen LogP contribution in [0.1, 0.15) is 38.3 Å². The van der Waals surface area contributed by atoms with Crippen LogP contribution in [0.5, 0.6) is 11.5 Å². The van der Waals surface area contributed by atoms with Crippen molar-refractivity contribution in [3.63, 3.8) is 0 Å². The number of ether oxygens (including phenoxy) is 2. The summed E-state index contributed by atoms with van der Waals surface area (Å²) in [5.41, 5.74) is 0.0927. The van der Waals surface area contributed by atoms with E-state index in [1.165, 1.54) is 29.3 Å². The Balaban J connectivity index is 1.62. The van der Waals surface area contributed by atoms with Gasteiger partial charge in [-0.3, -0.25) is 9.59 Å². The normalized spacial score (nSPS) is 12.1. The van der Waals surface area contributed by atoms with Crippen molar-refractivity contribution in [3.8, 4) is 22.9 Å². The Hall–Kier alpha value is -4.61. The Morgan fingerprint density at radius 3 is 2.42 bits per heavy atom. The minimum atomic E-state index is -1.06. The smallest absolute Gasteiger partial charge is 0.251 e. The SMILES string of the molecule is COc1ccc(-c2nnn(CC(=O)N(Cc3ccco3)[C@H](C(=O)NC(C)(C)C)c3ccco3)n2)cc1OC. The lowest BCUT2D eigenvalue weighted by Gasteiger charge is -2.31. The molecular weight excluding hydrogens is 492 g/mol. The fourth-order valence-electron chi connectivity index (χ4n) is 3.82. The van der Waals surface area contributed by atoms with Gasteiger partial charge in [-0.25, -0.2) is 0 Å². The zero-order valence-corrected chi connectivity index (χ0v) is 21.9. The average molecular weight is 523 g/mol. The van der Waals surface area contributed by atoms with Crippen LogP contribution in [0.4, 0.5) is 0 Å². The number of carbonyl (C=O) groups excluding carboxylic acids is 2. The lowest BCUT2D eigenvalue weighted by molar-refractivity contribution is -0.144. The number of hydrogen-bond acceptors (Lipinski definition) is 9. The van der Waals surface area contributed by atoms with Gasteiger partial charge in [0.15, 0.2) is 17.5 Å². The van der Waals surface area contributed by atoms with E-state index in [0.717, 1.165) is 0 Å². The first-order valence-electron chi connectivity index (χ1n) is 11.9. The number of furan rings is 2. The number of nitrogens with zero attached hydrogens (tertiary/aromatic N) is 5. The third-order valence-corrected chi connectivity index (χ3v) is 5.47. The predicted molar refractivity (Wildman–Crippen MR) is 135 cm³/mol. The Labute approximate surface area is 219 Å². The van der Waals surface area contributed by atoms with Crippen molar-refractivity contribution in [2.75, 3.05) is 14.2 Å². The molecule has 1 atom stereocenters.